The second-order valence-electron chi connectivity index (χ2n) is 12.9. The molecule has 0 radical (unpaired) electrons. The predicted octanol–water partition coefficient (Wildman–Crippen LogP) is 3.13. The molecule has 1 saturated heterocycles. The molecule has 3 atom stereocenters. The second kappa shape index (κ2) is 15.8. The Bertz CT molecular complexity index is 1580. The molecular formula is C33H44FN9O4S. The van der Waals surface area contributed by atoms with Crippen LogP contribution in [0, 0.1) is 17.7 Å². The van der Waals surface area contributed by atoms with Crippen molar-refractivity contribution in [3.8, 4) is 0 Å². The molecular weight excluding hydrogens is 637 g/mol. The van der Waals surface area contributed by atoms with Crippen LogP contribution in [0.2, 0.25) is 0 Å². The van der Waals surface area contributed by atoms with Gasteiger partial charge in [-0.05, 0) is 73.9 Å². The van der Waals surface area contributed by atoms with Crippen LogP contribution in [0.15, 0.2) is 36.7 Å². The van der Waals surface area contributed by atoms with Crippen molar-refractivity contribution >= 4 is 40.8 Å². The number of nitrogens with zero attached hydrogens (tertiary/aromatic N) is 6. The van der Waals surface area contributed by atoms with Gasteiger partial charge in [0.2, 0.25) is 11.8 Å². The fourth-order valence-electron chi connectivity index (χ4n) is 6.43. The van der Waals surface area contributed by atoms with E-state index < -0.39 is 41.5 Å². The zero-order chi connectivity index (χ0) is 34.4. The molecule has 3 aromatic rings. The lowest BCUT2D eigenvalue weighted by molar-refractivity contribution is -0.135. The summed E-state index contributed by atoms with van der Waals surface area (Å²) in [5.41, 5.74) is 0.780. The third kappa shape index (κ3) is 8.24. The lowest BCUT2D eigenvalue weighted by atomic mass is 9.79. The first-order valence-corrected chi connectivity index (χ1v) is 17.3. The van der Waals surface area contributed by atoms with Crippen molar-refractivity contribution in [3.63, 3.8) is 0 Å². The minimum Gasteiger partial charge on any atom is -0.339 e. The zero-order valence-electron chi connectivity index (χ0n) is 27.8. The number of benzene rings is 1. The molecule has 2 fully saturated rings. The first-order chi connectivity index (χ1) is 23.0. The number of rotatable bonds is 11. The predicted molar refractivity (Wildman–Crippen MR) is 179 cm³/mol. The molecule has 3 heterocycles. The van der Waals surface area contributed by atoms with Gasteiger partial charge >= 0.3 is 0 Å². The molecule has 1 aliphatic carbocycles. The Morgan fingerprint density at radius 1 is 1.02 bits per heavy atom. The molecule has 1 aromatic carbocycles. The Labute approximate surface area is 283 Å². The SMILES string of the molecule is CCn1nccc1C(=O)N[C@H](C(=O)Nc1ccc([C@H](C)[C@@H](NC(=O)c2cnns2)C(=O)N2CCN(C)CC2)cc1F)C1CCC(C)CC1. The fraction of sp³-hybridized carbons (Fsp3) is 0.545. The lowest BCUT2D eigenvalue weighted by Crippen LogP contribution is -2.55. The number of amides is 4. The molecule has 48 heavy (non-hydrogen) atoms. The fourth-order valence-corrected chi connectivity index (χ4v) is 6.85. The summed E-state index contributed by atoms with van der Waals surface area (Å²) in [6.07, 6.45) is 6.26. The number of anilines is 1. The monoisotopic (exact) mass is 681 g/mol. The average Bonchev–Trinajstić information content (AvgIpc) is 3.80. The Morgan fingerprint density at radius 3 is 2.40 bits per heavy atom. The number of carbonyl (C=O) groups excluding carboxylic acids is 4. The number of aryl methyl sites for hydroxylation is 1. The normalized spacial score (nSPS) is 20.4. The minimum atomic E-state index is -0.979. The Balaban J connectivity index is 1.34. The quantitative estimate of drug-likeness (QED) is 0.279. The van der Waals surface area contributed by atoms with E-state index in [1.165, 1.54) is 18.3 Å². The topological polar surface area (TPSA) is 154 Å². The van der Waals surface area contributed by atoms with E-state index in [-0.39, 0.29) is 22.4 Å². The average molecular weight is 682 g/mol. The highest BCUT2D eigenvalue weighted by molar-refractivity contribution is 7.07. The van der Waals surface area contributed by atoms with Crippen molar-refractivity contribution in [3.05, 3.63) is 58.6 Å². The van der Waals surface area contributed by atoms with Gasteiger partial charge in [0.1, 0.15) is 28.5 Å². The number of aromatic nitrogens is 4. The van der Waals surface area contributed by atoms with E-state index in [0.717, 1.165) is 37.2 Å². The van der Waals surface area contributed by atoms with Crippen molar-refractivity contribution < 1.29 is 23.6 Å². The van der Waals surface area contributed by atoms with E-state index >= 15 is 4.39 Å². The van der Waals surface area contributed by atoms with Crippen molar-refractivity contribution in [1.29, 1.82) is 0 Å². The third-order valence-corrected chi connectivity index (χ3v) is 10.2. The molecule has 5 rings (SSSR count). The van der Waals surface area contributed by atoms with E-state index in [1.54, 1.807) is 34.8 Å². The maximum Gasteiger partial charge on any atom is 0.270 e. The minimum absolute atomic E-state index is 0.0420. The smallest absolute Gasteiger partial charge is 0.270 e. The van der Waals surface area contributed by atoms with Crippen molar-refractivity contribution in [2.24, 2.45) is 11.8 Å². The van der Waals surface area contributed by atoms with Crippen LogP contribution in [0.25, 0.3) is 0 Å². The summed E-state index contributed by atoms with van der Waals surface area (Å²) in [5, 5.41) is 16.3. The summed E-state index contributed by atoms with van der Waals surface area (Å²) in [6, 6.07) is 4.14. The van der Waals surface area contributed by atoms with Crippen molar-refractivity contribution in [2.75, 3.05) is 38.5 Å². The van der Waals surface area contributed by atoms with Crippen LogP contribution in [0.5, 0.6) is 0 Å². The van der Waals surface area contributed by atoms with E-state index in [1.807, 2.05) is 14.0 Å². The second-order valence-corrected chi connectivity index (χ2v) is 13.7. The van der Waals surface area contributed by atoms with Gasteiger partial charge in [0.05, 0.1) is 11.9 Å². The van der Waals surface area contributed by atoms with Crippen molar-refractivity contribution in [1.82, 2.24) is 39.8 Å². The summed E-state index contributed by atoms with van der Waals surface area (Å²) in [7, 11) is 1.98. The number of carbonyl (C=O) groups is 4. The van der Waals surface area contributed by atoms with Crippen LogP contribution in [0.1, 0.15) is 78.1 Å². The van der Waals surface area contributed by atoms with Gasteiger partial charge in [0.25, 0.3) is 11.8 Å². The molecule has 0 bridgehead atoms. The molecule has 2 aliphatic rings. The lowest BCUT2D eigenvalue weighted by Gasteiger charge is -2.36. The standard InChI is InChI=1S/C33H44FN9O4S/c1-5-43-26(12-13-36-43)30(44)39-29(22-8-6-20(2)7-9-22)32(46)37-25-11-10-23(18-24(25)34)21(3)28(38-31(45)27-19-35-40-48-27)33(47)42-16-14-41(4)15-17-42/h10-13,18-22,28-29H,5-9,14-17H2,1-4H3,(H,37,46)(H,38,45)(H,39,44)/t20?,21-,22?,28+,29-/m0/s1. The van der Waals surface area contributed by atoms with Gasteiger partial charge < -0.3 is 25.8 Å². The van der Waals surface area contributed by atoms with E-state index in [2.05, 4.69) is 42.5 Å². The largest absolute Gasteiger partial charge is 0.339 e. The van der Waals surface area contributed by atoms with E-state index in [4.69, 9.17) is 0 Å². The highest BCUT2D eigenvalue weighted by Gasteiger charge is 2.35. The van der Waals surface area contributed by atoms with Crippen LogP contribution in [0.4, 0.5) is 10.1 Å². The summed E-state index contributed by atoms with van der Waals surface area (Å²) in [5.74, 6) is -2.54. The maximum absolute atomic E-state index is 15.7. The Kier molecular flexibility index (Phi) is 11.5. The van der Waals surface area contributed by atoms with Gasteiger partial charge in [-0.3, -0.25) is 23.9 Å². The first kappa shape index (κ1) is 35.1. The van der Waals surface area contributed by atoms with Gasteiger partial charge in [-0.25, -0.2) is 4.39 Å². The van der Waals surface area contributed by atoms with E-state index in [9.17, 15) is 19.2 Å². The molecule has 2 aromatic heterocycles. The summed E-state index contributed by atoms with van der Waals surface area (Å²) < 4.78 is 21.0. The Morgan fingerprint density at radius 2 is 1.75 bits per heavy atom. The number of hydrogen-bond acceptors (Lipinski definition) is 9. The van der Waals surface area contributed by atoms with Crippen LogP contribution in [0.3, 0.4) is 0 Å². The maximum atomic E-state index is 15.7. The molecule has 1 saturated carbocycles. The third-order valence-electron chi connectivity index (χ3n) is 9.58. The molecule has 13 nitrogen and oxygen atoms in total. The molecule has 0 spiro atoms. The summed E-state index contributed by atoms with van der Waals surface area (Å²) in [6.45, 7) is 8.72. The molecule has 4 amide bonds. The molecule has 15 heteroatoms. The van der Waals surface area contributed by atoms with Crippen LogP contribution < -0.4 is 16.0 Å². The number of nitrogens with one attached hydrogen (secondary N) is 3. The van der Waals surface area contributed by atoms with E-state index in [0.29, 0.717) is 49.9 Å². The number of piperazine rings is 1. The Hall–Kier alpha value is -4.24. The van der Waals surface area contributed by atoms with Gasteiger partial charge in [0, 0.05) is 44.8 Å². The van der Waals surface area contributed by atoms with Gasteiger partial charge in [-0.15, -0.1) is 5.10 Å². The van der Waals surface area contributed by atoms with Crippen LogP contribution >= 0.6 is 11.5 Å². The number of halogens is 1. The van der Waals surface area contributed by atoms with Gasteiger partial charge in [-0.2, -0.15) is 5.10 Å². The first-order valence-electron chi connectivity index (χ1n) is 16.5. The number of likely N-dealkylation sites (N-methyl/N-ethyl adjacent to an activating group) is 1. The molecule has 0 unspecified atom stereocenters. The highest BCUT2D eigenvalue weighted by Crippen LogP contribution is 2.32. The van der Waals surface area contributed by atoms with Crippen LogP contribution in [-0.4, -0.2) is 98.1 Å². The van der Waals surface area contributed by atoms with Gasteiger partial charge in [-0.1, -0.05) is 37.2 Å². The molecule has 1 aliphatic heterocycles. The number of hydrogen-bond donors (Lipinski definition) is 3. The summed E-state index contributed by atoms with van der Waals surface area (Å²) >= 11 is 0.920. The van der Waals surface area contributed by atoms with Crippen molar-refractivity contribution in [2.45, 2.75) is 71.0 Å². The highest BCUT2D eigenvalue weighted by atomic mass is 32.1. The van der Waals surface area contributed by atoms with Gasteiger partial charge in [0.15, 0.2) is 0 Å². The van der Waals surface area contributed by atoms with Crippen LogP contribution in [-0.2, 0) is 16.1 Å². The zero-order valence-corrected chi connectivity index (χ0v) is 28.6. The summed E-state index contributed by atoms with van der Waals surface area (Å²) in [4.78, 5) is 57.8. The molecule has 258 valence electrons. The molecule has 3 N–H and O–H groups in total.